The highest BCUT2D eigenvalue weighted by Crippen LogP contribution is 2.27. The van der Waals surface area contributed by atoms with E-state index in [1.54, 1.807) is 25.1 Å². The van der Waals surface area contributed by atoms with Gasteiger partial charge in [-0.2, -0.15) is 0 Å². The van der Waals surface area contributed by atoms with Gasteiger partial charge in [-0.25, -0.2) is 0 Å². The van der Waals surface area contributed by atoms with Crippen LogP contribution in [-0.4, -0.2) is 19.1 Å². The number of amides is 1. The van der Waals surface area contributed by atoms with E-state index < -0.39 is 6.04 Å². The van der Waals surface area contributed by atoms with E-state index in [4.69, 9.17) is 22.1 Å². The molecule has 0 heterocycles. The van der Waals surface area contributed by atoms with Crippen molar-refractivity contribution in [1.29, 1.82) is 0 Å². The summed E-state index contributed by atoms with van der Waals surface area (Å²) in [6.07, 6.45) is 0. The second-order valence-electron chi connectivity index (χ2n) is 3.12. The number of halogens is 2. The maximum absolute atomic E-state index is 11.4. The average molecular weight is 265 g/mol. The molecular formula is C10H14Cl2N2O2. The molecule has 1 aromatic rings. The molecule has 1 atom stereocenters. The molecule has 6 heteroatoms. The van der Waals surface area contributed by atoms with Gasteiger partial charge in [0.1, 0.15) is 5.75 Å². The maximum atomic E-state index is 11.4. The Bertz CT molecular complexity index is 370. The van der Waals surface area contributed by atoms with Crippen molar-refractivity contribution in [3.8, 4) is 5.75 Å². The maximum Gasteiger partial charge on any atom is 0.241 e. The summed E-state index contributed by atoms with van der Waals surface area (Å²) in [4.78, 5) is 11.4. The van der Waals surface area contributed by atoms with E-state index >= 15 is 0 Å². The predicted molar refractivity (Wildman–Crippen MR) is 67.5 cm³/mol. The van der Waals surface area contributed by atoms with Gasteiger partial charge in [0.05, 0.1) is 18.8 Å². The van der Waals surface area contributed by atoms with E-state index in [1.165, 1.54) is 7.11 Å². The first-order valence-electron chi connectivity index (χ1n) is 4.44. The fourth-order valence-electron chi connectivity index (χ4n) is 1.02. The fourth-order valence-corrected chi connectivity index (χ4v) is 1.20. The third kappa shape index (κ3) is 3.89. The Morgan fingerprint density at radius 3 is 2.69 bits per heavy atom. The number of carbonyl (C=O) groups is 1. The zero-order valence-corrected chi connectivity index (χ0v) is 10.6. The molecule has 0 saturated carbocycles. The van der Waals surface area contributed by atoms with Crippen LogP contribution in [0.4, 0.5) is 5.69 Å². The monoisotopic (exact) mass is 264 g/mol. The number of hydrogen-bond acceptors (Lipinski definition) is 3. The SMILES string of the molecule is COc1ccc(Cl)cc1NC(=O)C(C)N.Cl. The Morgan fingerprint density at radius 2 is 2.19 bits per heavy atom. The Kier molecular flexibility index (Phi) is 6.18. The Hall–Kier alpha value is -0.970. The first kappa shape index (κ1) is 15.0. The molecule has 4 nitrogen and oxygen atoms in total. The first-order chi connectivity index (χ1) is 7.04. The molecule has 0 spiro atoms. The summed E-state index contributed by atoms with van der Waals surface area (Å²) in [6, 6.07) is 4.40. The van der Waals surface area contributed by atoms with Crippen LogP contribution in [-0.2, 0) is 4.79 Å². The van der Waals surface area contributed by atoms with Crippen LogP contribution in [0.3, 0.4) is 0 Å². The van der Waals surface area contributed by atoms with Crippen LogP contribution in [0.1, 0.15) is 6.92 Å². The van der Waals surface area contributed by atoms with E-state index in [-0.39, 0.29) is 18.3 Å². The normalized spacial score (nSPS) is 11.2. The van der Waals surface area contributed by atoms with Crippen LogP contribution in [0, 0.1) is 0 Å². The summed E-state index contributed by atoms with van der Waals surface area (Å²) < 4.78 is 5.07. The van der Waals surface area contributed by atoms with Crippen molar-refractivity contribution in [1.82, 2.24) is 0 Å². The minimum absolute atomic E-state index is 0. The molecule has 3 N–H and O–H groups in total. The molecule has 0 radical (unpaired) electrons. The topological polar surface area (TPSA) is 64.3 Å². The van der Waals surface area contributed by atoms with Gasteiger partial charge in [0.15, 0.2) is 0 Å². The second-order valence-corrected chi connectivity index (χ2v) is 3.56. The predicted octanol–water partition coefficient (Wildman–Crippen LogP) is 2.06. The van der Waals surface area contributed by atoms with E-state index in [0.29, 0.717) is 16.5 Å². The quantitative estimate of drug-likeness (QED) is 0.879. The van der Waals surface area contributed by atoms with Crippen LogP contribution < -0.4 is 15.8 Å². The molecule has 16 heavy (non-hydrogen) atoms. The van der Waals surface area contributed by atoms with E-state index in [1.807, 2.05) is 0 Å². The molecule has 90 valence electrons. The number of carbonyl (C=O) groups excluding carboxylic acids is 1. The highest BCUT2D eigenvalue weighted by atomic mass is 35.5. The van der Waals surface area contributed by atoms with E-state index in [0.717, 1.165) is 0 Å². The zero-order valence-electron chi connectivity index (χ0n) is 8.99. The van der Waals surface area contributed by atoms with Gasteiger partial charge in [0, 0.05) is 5.02 Å². The zero-order chi connectivity index (χ0) is 11.4. The molecule has 0 aliphatic heterocycles. The van der Waals surface area contributed by atoms with Crippen LogP contribution in [0.25, 0.3) is 0 Å². The lowest BCUT2D eigenvalue weighted by atomic mass is 10.2. The number of rotatable bonds is 3. The number of benzene rings is 1. The van der Waals surface area contributed by atoms with Gasteiger partial charge in [-0.1, -0.05) is 11.6 Å². The van der Waals surface area contributed by atoms with Crippen molar-refractivity contribution >= 4 is 35.6 Å². The molecule has 1 unspecified atom stereocenters. The third-order valence-corrected chi connectivity index (χ3v) is 2.07. The van der Waals surface area contributed by atoms with Crippen molar-refractivity contribution in [2.45, 2.75) is 13.0 Å². The lowest BCUT2D eigenvalue weighted by Crippen LogP contribution is -2.32. The Labute approximate surface area is 106 Å². The number of nitrogens with one attached hydrogen (secondary N) is 1. The third-order valence-electron chi connectivity index (χ3n) is 1.83. The molecule has 0 aliphatic rings. The summed E-state index contributed by atoms with van der Waals surface area (Å²) >= 11 is 5.80. The van der Waals surface area contributed by atoms with Gasteiger partial charge in [-0.15, -0.1) is 12.4 Å². The molecule has 0 bridgehead atoms. The lowest BCUT2D eigenvalue weighted by molar-refractivity contribution is -0.117. The number of ether oxygens (including phenoxy) is 1. The fraction of sp³-hybridized carbons (Fsp3) is 0.300. The number of methoxy groups -OCH3 is 1. The largest absolute Gasteiger partial charge is 0.495 e. The van der Waals surface area contributed by atoms with Gasteiger partial charge in [-0.05, 0) is 25.1 Å². The summed E-state index contributed by atoms with van der Waals surface area (Å²) in [5.74, 6) is 0.268. The highest BCUT2D eigenvalue weighted by Gasteiger charge is 2.11. The molecular weight excluding hydrogens is 251 g/mol. The molecule has 1 aromatic carbocycles. The first-order valence-corrected chi connectivity index (χ1v) is 4.82. The molecule has 0 aromatic heterocycles. The van der Waals surface area contributed by atoms with Gasteiger partial charge >= 0.3 is 0 Å². The van der Waals surface area contributed by atoms with Crippen LogP contribution in [0.2, 0.25) is 5.02 Å². The van der Waals surface area contributed by atoms with Gasteiger partial charge in [-0.3, -0.25) is 4.79 Å². The molecule has 1 amide bonds. The van der Waals surface area contributed by atoms with Crippen LogP contribution in [0.5, 0.6) is 5.75 Å². The summed E-state index contributed by atoms with van der Waals surface area (Å²) in [6.45, 7) is 1.60. The van der Waals surface area contributed by atoms with Crippen LogP contribution in [0.15, 0.2) is 18.2 Å². The highest BCUT2D eigenvalue weighted by molar-refractivity contribution is 6.31. The standard InChI is InChI=1S/C10H13ClN2O2.ClH/c1-6(12)10(14)13-8-5-7(11)3-4-9(8)15-2;/h3-6H,12H2,1-2H3,(H,13,14);1H. The Balaban J connectivity index is 0.00000225. The summed E-state index contributed by atoms with van der Waals surface area (Å²) in [5, 5.41) is 3.15. The smallest absolute Gasteiger partial charge is 0.241 e. The molecule has 1 rings (SSSR count). The number of nitrogens with two attached hydrogens (primary N) is 1. The van der Waals surface area contributed by atoms with E-state index in [2.05, 4.69) is 5.32 Å². The molecule has 0 fully saturated rings. The van der Waals surface area contributed by atoms with Crippen molar-refractivity contribution in [3.05, 3.63) is 23.2 Å². The minimum Gasteiger partial charge on any atom is -0.495 e. The van der Waals surface area contributed by atoms with Gasteiger partial charge in [0.2, 0.25) is 5.91 Å². The molecule has 0 saturated heterocycles. The van der Waals surface area contributed by atoms with E-state index in [9.17, 15) is 4.79 Å². The van der Waals surface area contributed by atoms with Gasteiger partial charge < -0.3 is 15.8 Å². The van der Waals surface area contributed by atoms with Gasteiger partial charge in [0.25, 0.3) is 0 Å². The summed E-state index contributed by atoms with van der Waals surface area (Å²) in [5.41, 5.74) is 5.95. The van der Waals surface area contributed by atoms with Crippen molar-refractivity contribution in [3.63, 3.8) is 0 Å². The Morgan fingerprint density at radius 1 is 1.56 bits per heavy atom. The lowest BCUT2D eigenvalue weighted by Gasteiger charge is -2.11. The van der Waals surface area contributed by atoms with Crippen molar-refractivity contribution in [2.24, 2.45) is 5.73 Å². The van der Waals surface area contributed by atoms with Crippen molar-refractivity contribution < 1.29 is 9.53 Å². The molecule has 0 aliphatic carbocycles. The number of hydrogen-bond donors (Lipinski definition) is 2. The average Bonchev–Trinajstić information content (AvgIpc) is 2.18. The van der Waals surface area contributed by atoms with Crippen LogP contribution >= 0.6 is 24.0 Å². The minimum atomic E-state index is -0.575. The summed E-state index contributed by atoms with van der Waals surface area (Å²) in [7, 11) is 1.52. The number of anilines is 1. The second kappa shape index (κ2) is 6.58. The van der Waals surface area contributed by atoms with Crippen molar-refractivity contribution in [2.75, 3.05) is 12.4 Å².